The fourth-order valence-corrected chi connectivity index (χ4v) is 4.95. The van der Waals surface area contributed by atoms with Crippen molar-refractivity contribution in [2.75, 3.05) is 31.9 Å². The third-order valence-electron chi connectivity index (χ3n) is 4.51. The predicted octanol–water partition coefficient (Wildman–Crippen LogP) is 3.89. The molecule has 2 aromatic carbocycles. The minimum atomic E-state index is -3.71. The summed E-state index contributed by atoms with van der Waals surface area (Å²) in [5.74, 6) is -0.566. The van der Waals surface area contributed by atoms with Crippen molar-refractivity contribution in [2.45, 2.75) is 10.8 Å². The fraction of sp³-hybridized carbons (Fsp3) is 0.227. The van der Waals surface area contributed by atoms with Crippen LogP contribution in [0.4, 0.5) is 10.1 Å². The van der Waals surface area contributed by atoms with Crippen LogP contribution in [0.3, 0.4) is 0 Å². The Morgan fingerprint density at radius 2 is 1.77 bits per heavy atom. The summed E-state index contributed by atoms with van der Waals surface area (Å²) >= 11 is 1.12. The molecule has 1 heterocycles. The number of thiophene rings is 1. The minimum absolute atomic E-state index is 0.202. The van der Waals surface area contributed by atoms with Crippen molar-refractivity contribution in [3.8, 4) is 0 Å². The number of benzene rings is 2. The van der Waals surface area contributed by atoms with Crippen molar-refractivity contribution in [1.29, 1.82) is 0 Å². The highest BCUT2D eigenvalue weighted by molar-refractivity contribution is 7.94. The average molecular weight is 462 g/mol. The van der Waals surface area contributed by atoms with Crippen LogP contribution in [0.1, 0.15) is 15.9 Å². The molecule has 0 saturated carbocycles. The van der Waals surface area contributed by atoms with Crippen LogP contribution in [0.25, 0.3) is 0 Å². The van der Waals surface area contributed by atoms with Crippen LogP contribution >= 0.6 is 11.3 Å². The summed E-state index contributed by atoms with van der Waals surface area (Å²) in [5, 5.41) is 1.69. The zero-order valence-corrected chi connectivity index (χ0v) is 18.9. The van der Waals surface area contributed by atoms with Crippen molar-refractivity contribution in [3.63, 3.8) is 0 Å². The monoisotopic (exact) mass is 461 g/mol. The molecule has 0 saturated heterocycles. The van der Waals surface area contributed by atoms with Gasteiger partial charge in [-0.3, -0.25) is 9.52 Å². The summed E-state index contributed by atoms with van der Waals surface area (Å²) in [6.45, 7) is 1.43. The Bertz CT molecular complexity index is 1120. The van der Waals surface area contributed by atoms with E-state index in [1.165, 1.54) is 24.3 Å². The molecular formula is C22H24FN3O3S2. The molecule has 9 heteroatoms. The first-order valence-corrected chi connectivity index (χ1v) is 12.0. The van der Waals surface area contributed by atoms with Crippen LogP contribution in [-0.4, -0.2) is 51.3 Å². The first-order chi connectivity index (χ1) is 14.7. The van der Waals surface area contributed by atoms with E-state index in [2.05, 4.69) is 4.72 Å². The van der Waals surface area contributed by atoms with Gasteiger partial charge in [-0.05, 0) is 61.4 Å². The molecule has 6 nitrogen and oxygen atoms in total. The number of carbonyl (C=O) groups is 1. The third kappa shape index (κ3) is 6.36. The molecule has 0 bridgehead atoms. The lowest BCUT2D eigenvalue weighted by Crippen LogP contribution is -2.36. The molecular weight excluding hydrogens is 437 g/mol. The van der Waals surface area contributed by atoms with Crippen LogP contribution in [0.15, 0.2) is 70.3 Å². The highest BCUT2D eigenvalue weighted by Crippen LogP contribution is 2.21. The smallest absolute Gasteiger partial charge is 0.271 e. The highest BCUT2D eigenvalue weighted by atomic mass is 32.2. The maximum absolute atomic E-state index is 13.2. The molecule has 0 aliphatic carbocycles. The van der Waals surface area contributed by atoms with E-state index in [0.29, 0.717) is 30.9 Å². The van der Waals surface area contributed by atoms with Gasteiger partial charge in [0.25, 0.3) is 15.9 Å². The third-order valence-corrected chi connectivity index (χ3v) is 7.29. The standard InChI is InChI=1S/C22H24FN3O3S2/c1-25(2)12-13-26(16-17-8-10-19(23)11-9-17)22(27)18-5-3-6-20(15-18)24-31(28,29)21-7-4-14-30-21/h3-11,14-15,24H,12-13,16H2,1-2H3. The maximum Gasteiger partial charge on any atom is 0.271 e. The van der Waals surface area contributed by atoms with Crippen molar-refractivity contribution in [3.05, 3.63) is 83.0 Å². The van der Waals surface area contributed by atoms with Crippen molar-refractivity contribution in [1.82, 2.24) is 9.80 Å². The number of amides is 1. The Kier molecular flexibility index (Phi) is 7.42. The molecule has 3 rings (SSSR count). The number of hydrogen-bond acceptors (Lipinski definition) is 5. The molecule has 0 atom stereocenters. The average Bonchev–Trinajstić information content (AvgIpc) is 3.28. The van der Waals surface area contributed by atoms with Gasteiger partial charge in [-0.15, -0.1) is 11.3 Å². The molecule has 1 amide bonds. The van der Waals surface area contributed by atoms with Gasteiger partial charge >= 0.3 is 0 Å². The number of likely N-dealkylation sites (N-methyl/N-ethyl adjacent to an activating group) is 1. The summed E-state index contributed by atoms with van der Waals surface area (Å²) in [7, 11) is 0.129. The molecule has 0 spiro atoms. The lowest BCUT2D eigenvalue weighted by atomic mass is 10.1. The normalized spacial score (nSPS) is 11.5. The Balaban J connectivity index is 1.81. The van der Waals surface area contributed by atoms with Gasteiger partial charge in [0.05, 0.1) is 0 Å². The Morgan fingerprint density at radius 3 is 2.42 bits per heavy atom. The number of carbonyl (C=O) groups excluding carboxylic acids is 1. The number of halogens is 1. The van der Waals surface area contributed by atoms with Crippen molar-refractivity contribution < 1.29 is 17.6 Å². The molecule has 0 radical (unpaired) electrons. The van der Waals surface area contributed by atoms with Crippen LogP contribution in [-0.2, 0) is 16.6 Å². The molecule has 3 aromatic rings. The van der Waals surface area contributed by atoms with Gasteiger partial charge in [0.2, 0.25) is 0 Å². The summed E-state index contributed by atoms with van der Waals surface area (Å²) in [5.41, 5.74) is 1.49. The Hall–Kier alpha value is -2.75. The van der Waals surface area contributed by atoms with E-state index in [0.717, 1.165) is 16.9 Å². The van der Waals surface area contributed by atoms with Crippen LogP contribution < -0.4 is 4.72 Å². The van der Waals surface area contributed by atoms with E-state index in [1.807, 2.05) is 19.0 Å². The van der Waals surface area contributed by atoms with Crippen LogP contribution in [0.5, 0.6) is 0 Å². The molecule has 0 fully saturated rings. The summed E-state index contributed by atoms with van der Waals surface area (Å²) in [4.78, 5) is 16.9. The number of nitrogens with zero attached hydrogens (tertiary/aromatic N) is 2. The summed E-state index contributed by atoms with van der Waals surface area (Å²) in [6.07, 6.45) is 0. The lowest BCUT2D eigenvalue weighted by molar-refractivity contribution is 0.0732. The molecule has 164 valence electrons. The van der Waals surface area contributed by atoms with E-state index in [-0.39, 0.29) is 15.9 Å². The van der Waals surface area contributed by atoms with Gasteiger partial charge in [0.1, 0.15) is 10.0 Å². The largest absolute Gasteiger partial charge is 0.333 e. The second kappa shape index (κ2) is 10.0. The number of hydrogen-bond donors (Lipinski definition) is 1. The van der Waals surface area contributed by atoms with E-state index >= 15 is 0 Å². The summed E-state index contributed by atoms with van der Waals surface area (Å²) < 4.78 is 40.9. The Labute approximate surface area is 186 Å². The van der Waals surface area contributed by atoms with Crippen LogP contribution in [0.2, 0.25) is 0 Å². The molecule has 1 aromatic heterocycles. The van der Waals surface area contributed by atoms with E-state index in [1.54, 1.807) is 46.7 Å². The van der Waals surface area contributed by atoms with Gasteiger partial charge in [-0.2, -0.15) is 0 Å². The number of rotatable bonds is 9. The zero-order chi connectivity index (χ0) is 22.4. The Morgan fingerprint density at radius 1 is 1.03 bits per heavy atom. The predicted molar refractivity (Wildman–Crippen MR) is 121 cm³/mol. The fourth-order valence-electron chi connectivity index (χ4n) is 2.90. The maximum atomic E-state index is 13.2. The first kappa shape index (κ1) is 22.9. The highest BCUT2D eigenvalue weighted by Gasteiger charge is 2.19. The van der Waals surface area contributed by atoms with Gasteiger partial charge in [0.15, 0.2) is 0 Å². The van der Waals surface area contributed by atoms with Gasteiger partial charge in [-0.25, -0.2) is 12.8 Å². The van der Waals surface area contributed by atoms with E-state index in [4.69, 9.17) is 0 Å². The first-order valence-electron chi connectivity index (χ1n) is 9.59. The molecule has 31 heavy (non-hydrogen) atoms. The minimum Gasteiger partial charge on any atom is -0.333 e. The van der Waals surface area contributed by atoms with Crippen molar-refractivity contribution >= 4 is 33.0 Å². The second-order valence-corrected chi connectivity index (χ2v) is 10.1. The molecule has 0 aliphatic heterocycles. The molecule has 0 aliphatic rings. The van der Waals surface area contributed by atoms with Gasteiger partial charge < -0.3 is 9.80 Å². The zero-order valence-electron chi connectivity index (χ0n) is 17.3. The number of sulfonamides is 1. The summed E-state index contributed by atoms with van der Waals surface area (Å²) in [6, 6.07) is 15.6. The second-order valence-electron chi connectivity index (χ2n) is 7.27. The van der Waals surface area contributed by atoms with E-state index in [9.17, 15) is 17.6 Å². The molecule has 0 unspecified atom stereocenters. The molecule has 1 N–H and O–H groups in total. The van der Waals surface area contributed by atoms with Gasteiger partial charge in [-0.1, -0.05) is 24.3 Å². The van der Waals surface area contributed by atoms with Crippen molar-refractivity contribution in [2.24, 2.45) is 0 Å². The number of anilines is 1. The van der Waals surface area contributed by atoms with Gasteiger partial charge in [0, 0.05) is 30.9 Å². The SMILES string of the molecule is CN(C)CCN(Cc1ccc(F)cc1)C(=O)c1cccc(NS(=O)(=O)c2cccs2)c1. The lowest BCUT2D eigenvalue weighted by Gasteiger charge is -2.25. The topological polar surface area (TPSA) is 69.7 Å². The quantitative estimate of drug-likeness (QED) is 0.525. The van der Waals surface area contributed by atoms with Crippen LogP contribution in [0, 0.1) is 5.82 Å². The van der Waals surface area contributed by atoms with E-state index < -0.39 is 10.0 Å². The number of nitrogens with one attached hydrogen (secondary N) is 1.